The summed E-state index contributed by atoms with van der Waals surface area (Å²) in [5.41, 5.74) is 5.42. The highest BCUT2D eigenvalue weighted by Gasteiger charge is 2.35. The molecular weight excluding hydrogens is 285 g/mol. The smallest absolute Gasteiger partial charge is 0.399 e. The van der Waals surface area contributed by atoms with E-state index >= 15 is 0 Å². The van der Waals surface area contributed by atoms with Crippen molar-refractivity contribution < 1.29 is 8.98 Å². The molecule has 0 atom stereocenters. The molecule has 0 aromatic carbocycles. The first-order valence-corrected chi connectivity index (χ1v) is 7.80. The third-order valence-electron chi connectivity index (χ3n) is 4.65. The summed E-state index contributed by atoms with van der Waals surface area (Å²) in [6.45, 7) is 4.51. The van der Waals surface area contributed by atoms with Crippen molar-refractivity contribution in [1.29, 1.82) is 0 Å². The Labute approximate surface area is 135 Å². The third-order valence-corrected chi connectivity index (χ3v) is 4.65. The number of furan rings is 1. The molecule has 23 heavy (non-hydrogen) atoms. The zero-order valence-corrected chi connectivity index (χ0v) is 13.9. The van der Waals surface area contributed by atoms with E-state index in [-0.39, 0.29) is 6.85 Å². The number of rotatable bonds is 1. The fourth-order valence-electron chi connectivity index (χ4n) is 3.55. The number of nitrogens with zero attached hydrogens (tertiary/aromatic N) is 3. The average Bonchev–Trinajstić information content (AvgIpc) is 2.88. The summed E-state index contributed by atoms with van der Waals surface area (Å²) >= 11 is 0. The molecule has 0 unspecified atom stereocenters. The standard InChI is InChI=1S/C18H19BN3O/c1-12-7-9-21(3)16(10-12)19-13(2)17-14-6-5-8-20-18(14)23-15(17)11-22(19)4/h5-11H,1-4H3/q+1. The van der Waals surface area contributed by atoms with Gasteiger partial charge in [0.2, 0.25) is 5.71 Å². The Hall–Kier alpha value is -2.56. The molecule has 4 rings (SSSR count). The van der Waals surface area contributed by atoms with Gasteiger partial charge in [-0.25, -0.2) is 9.55 Å². The van der Waals surface area contributed by atoms with E-state index in [1.807, 2.05) is 6.07 Å². The van der Waals surface area contributed by atoms with Crippen molar-refractivity contribution in [2.24, 2.45) is 7.05 Å². The number of pyridine rings is 2. The van der Waals surface area contributed by atoms with Crippen LogP contribution in [0, 0.1) is 6.92 Å². The van der Waals surface area contributed by atoms with Crippen LogP contribution in [0.1, 0.15) is 12.5 Å². The summed E-state index contributed by atoms with van der Waals surface area (Å²) in [5, 5.41) is 2.27. The van der Waals surface area contributed by atoms with Crippen LogP contribution >= 0.6 is 0 Å². The van der Waals surface area contributed by atoms with E-state index in [0.717, 1.165) is 10.8 Å². The molecular formula is C18H19BN3O+. The highest BCUT2D eigenvalue weighted by molar-refractivity contribution is 6.85. The van der Waals surface area contributed by atoms with Gasteiger partial charge in [-0.3, -0.25) is 0 Å². The molecule has 3 aromatic rings. The lowest BCUT2D eigenvalue weighted by Crippen LogP contribution is -2.62. The molecule has 0 amide bonds. The van der Waals surface area contributed by atoms with Crippen molar-refractivity contribution in [2.75, 3.05) is 7.05 Å². The van der Waals surface area contributed by atoms with E-state index in [0.29, 0.717) is 5.71 Å². The highest BCUT2D eigenvalue weighted by Crippen LogP contribution is 2.12. The summed E-state index contributed by atoms with van der Waals surface area (Å²) < 4.78 is 8.12. The van der Waals surface area contributed by atoms with Crippen molar-refractivity contribution in [3.63, 3.8) is 0 Å². The van der Waals surface area contributed by atoms with E-state index in [4.69, 9.17) is 4.42 Å². The quantitative estimate of drug-likeness (QED) is 0.477. The van der Waals surface area contributed by atoms with E-state index in [2.05, 4.69) is 72.9 Å². The van der Waals surface area contributed by atoms with Crippen LogP contribution < -0.4 is 20.8 Å². The first-order chi connectivity index (χ1) is 11.1. The van der Waals surface area contributed by atoms with Crippen molar-refractivity contribution in [3.05, 3.63) is 52.9 Å². The zero-order valence-electron chi connectivity index (χ0n) is 13.9. The van der Waals surface area contributed by atoms with Gasteiger partial charge in [0.05, 0.1) is 0 Å². The maximum Gasteiger partial charge on any atom is 0.399 e. The van der Waals surface area contributed by atoms with Crippen LogP contribution in [-0.4, -0.2) is 23.7 Å². The Kier molecular flexibility index (Phi) is 3.05. The van der Waals surface area contributed by atoms with Gasteiger partial charge in [0, 0.05) is 35.1 Å². The zero-order chi connectivity index (χ0) is 16.1. The van der Waals surface area contributed by atoms with Gasteiger partial charge in [-0.05, 0) is 38.6 Å². The van der Waals surface area contributed by atoms with Crippen LogP contribution in [-0.2, 0) is 7.05 Å². The molecule has 0 saturated heterocycles. The Morgan fingerprint density at radius 3 is 2.91 bits per heavy atom. The number of fused-ring (bicyclic) bond motifs is 3. The van der Waals surface area contributed by atoms with E-state index in [1.165, 1.54) is 21.8 Å². The topological polar surface area (TPSA) is 33.2 Å². The predicted molar refractivity (Wildman–Crippen MR) is 92.3 cm³/mol. The summed E-state index contributed by atoms with van der Waals surface area (Å²) in [6.07, 6.45) is 5.97. The molecule has 1 aliphatic heterocycles. The van der Waals surface area contributed by atoms with Crippen molar-refractivity contribution in [2.45, 2.75) is 13.8 Å². The van der Waals surface area contributed by atoms with Crippen LogP contribution in [0.5, 0.6) is 0 Å². The number of hydrogen-bond acceptors (Lipinski definition) is 3. The number of aromatic nitrogens is 2. The maximum absolute atomic E-state index is 5.93. The Morgan fingerprint density at radius 2 is 2.09 bits per heavy atom. The Morgan fingerprint density at radius 1 is 1.26 bits per heavy atom. The molecule has 3 aromatic heterocycles. The minimum absolute atomic E-state index is 0.188. The molecule has 0 saturated carbocycles. The number of hydrogen-bond donors (Lipinski definition) is 0. The monoisotopic (exact) mass is 304 g/mol. The highest BCUT2D eigenvalue weighted by atomic mass is 16.3. The van der Waals surface area contributed by atoms with Crippen LogP contribution in [0.25, 0.3) is 22.8 Å². The molecule has 0 bridgehead atoms. The van der Waals surface area contributed by atoms with Gasteiger partial charge in [-0.2, -0.15) is 0 Å². The largest absolute Gasteiger partial charge is 0.436 e. The maximum atomic E-state index is 5.93. The molecule has 0 spiro atoms. The molecule has 4 heterocycles. The Bertz CT molecular complexity index is 1040. The predicted octanol–water partition coefficient (Wildman–Crippen LogP) is 0.253. The van der Waals surface area contributed by atoms with Gasteiger partial charge < -0.3 is 9.23 Å². The SMILES string of the molecule is CC1=c2c(oc3ncccc23)=CN(C)B1c1cc(C)cc[n+]1C. The normalized spacial score (nSPS) is 14.2. The van der Waals surface area contributed by atoms with E-state index in [9.17, 15) is 0 Å². The van der Waals surface area contributed by atoms with Gasteiger partial charge >= 0.3 is 6.85 Å². The van der Waals surface area contributed by atoms with E-state index < -0.39 is 0 Å². The van der Waals surface area contributed by atoms with Gasteiger partial charge in [-0.1, -0.05) is 5.47 Å². The minimum Gasteiger partial charge on any atom is -0.436 e. The Balaban J connectivity index is 2.06. The lowest BCUT2D eigenvalue weighted by atomic mass is 9.50. The number of aryl methyl sites for hydroxylation is 2. The fraction of sp³-hybridized carbons (Fsp3) is 0.222. The second-order valence-corrected chi connectivity index (χ2v) is 6.32. The van der Waals surface area contributed by atoms with Gasteiger partial charge in [0.15, 0.2) is 17.2 Å². The van der Waals surface area contributed by atoms with Crippen LogP contribution in [0.15, 0.2) is 41.1 Å². The molecule has 0 aliphatic carbocycles. The van der Waals surface area contributed by atoms with Gasteiger partial charge in [0.25, 0.3) is 0 Å². The van der Waals surface area contributed by atoms with Crippen LogP contribution in [0.4, 0.5) is 0 Å². The first kappa shape index (κ1) is 14.1. The molecule has 0 fully saturated rings. The molecule has 4 nitrogen and oxygen atoms in total. The van der Waals surface area contributed by atoms with Gasteiger partial charge in [-0.15, -0.1) is 0 Å². The van der Waals surface area contributed by atoms with Crippen molar-refractivity contribution in [3.8, 4) is 0 Å². The fourth-order valence-corrected chi connectivity index (χ4v) is 3.55. The third kappa shape index (κ3) is 2.07. The molecule has 0 radical (unpaired) electrons. The first-order valence-electron chi connectivity index (χ1n) is 7.80. The summed E-state index contributed by atoms with van der Waals surface area (Å²) in [6, 6.07) is 8.43. The molecule has 1 aliphatic rings. The van der Waals surface area contributed by atoms with Gasteiger partial charge in [0.1, 0.15) is 7.05 Å². The van der Waals surface area contributed by atoms with E-state index in [1.54, 1.807) is 6.20 Å². The molecule has 114 valence electrons. The van der Waals surface area contributed by atoms with Crippen LogP contribution in [0.2, 0.25) is 0 Å². The summed E-state index contributed by atoms with van der Waals surface area (Å²) in [5.74, 6) is 0. The van der Waals surface area contributed by atoms with Crippen molar-refractivity contribution in [1.82, 2.24) is 9.79 Å². The summed E-state index contributed by atoms with van der Waals surface area (Å²) in [4.78, 5) is 6.57. The lowest BCUT2D eigenvalue weighted by Gasteiger charge is -2.24. The second kappa shape index (κ2) is 4.98. The lowest BCUT2D eigenvalue weighted by molar-refractivity contribution is -0.654. The molecule has 0 N–H and O–H groups in total. The average molecular weight is 304 g/mol. The second-order valence-electron chi connectivity index (χ2n) is 6.32. The molecule has 5 heteroatoms. The van der Waals surface area contributed by atoms with Crippen LogP contribution in [0.3, 0.4) is 0 Å². The summed E-state index contributed by atoms with van der Waals surface area (Å²) in [7, 11) is 4.19. The minimum atomic E-state index is 0.188. The van der Waals surface area contributed by atoms with Crippen molar-refractivity contribution >= 4 is 35.2 Å².